The SMILES string of the molecule is C[C@@H]1CCC=C2C[C@H]3OC(=O)[C@H](C[NH+]4CC[NH+](Cc5ccccc5)CC4)[C@H]3[C@@H](O)[C@@]21C. The summed E-state index contributed by atoms with van der Waals surface area (Å²) >= 11 is 0. The summed E-state index contributed by atoms with van der Waals surface area (Å²) in [5.41, 5.74) is 2.51. The van der Waals surface area contributed by atoms with Crippen molar-refractivity contribution < 1.29 is 24.4 Å². The van der Waals surface area contributed by atoms with E-state index in [1.807, 2.05) is 0 Å². The lowest BCUT2D eigenvalue weighted by Gasteiger charge is -2.51. The van der Waals surface area contributed by atoms with Crippen LogP contribution in [0.25, 0.3) is 0 Å². The fraction of sp³-hybridized carbons (Fsp3) is 0.654. The summed E-state index contributed by atoms with van der Waals surface area (Å²) in [7, 11) is 0. The van der Waals surface area contributed by atoms with Crippen LogP contribution < -0.4 is 9.80 Å². The molecule has 2 heterocycles. The van der Waals surface area contributed by atoms with E-state index >= 15 is 0 Å². The van der Waals surface area contributed by atoms with Gasteiger partial charge in [-0.15, -0.1) is 0 Å². The smallest absolute Gasteiger partial charge is 0.315 e. The van der Waals surface area contributed by atoms with Gasteiger partial charge in [0.1, 0.15) is 44.7 Å². The number of aliphatic hydroxyl groups is 1. The van der Waals surface area contributed by atoms with Crippen molar-refractivity contribution in [3.8, 4) is 0 Å². The average molecular weight is 427 g/mol. The maximum Gasteiger partial charge on any atom is 0.315 e. The lowest BCUT2D eigenvalue weighted by atomic mass is 9.55. The van der Waals surface area contributed by atoms with Gasteiger partial charge >= 0.3 is 5.97 Å². The number of piperazine rings is 1. The summed E-state index contributed by atoms with van der Waals surface area (Å²) in [6.07, 6.45) is 4.68. The van der Waals surface area contributed by atoms with Gasteiger partial charge in [-0.25, -0.2) is 0 Å². The van der Waals surface area contributed by atoms with Crippen molar-refractivity contribution in [1.29, 1.82) is 0 Å². The number of ether oxygens (including phenoxy) is 1. The Bertz CT molecular complexity index is 832. The Morgan fingerprint density at radius 2 is 1.84 bits per heavy atom. The molecule has 6 atom stereocenters. The number of hydrogen-bond donors (Lipinski definition) is 3. The maximum absolute atomic E-state index is 12.9. The van der Waals surface area contributed by atoms with E-state index in [-0.39, 0.29) is 29.3 Å². The Morgan fingerprint density at radius 3 is 2.58 bits per heavy atom. The van der Waals surface area contributed by atoms with E-state index in [1.165, 1.54) is 16.0 Å². The lowest BCUT2D eigenvalue weighted by molar-refractivity contribution is -1.02. The minimum Gasteiger partial charge on any atom is -0.461 e. The number of esters is 1. The van der Waals surface area contributed by atoms with Gasteiger partial charge in [-0.3, -0.25) is 4.79 Å². The molecule has 2 saturated heterocycles. The third-order valence-electron chi connectivity index (χ3n) is 9.04. The van der Waals surface area contributed by atoms with Crippen molar-refractivity contribution in [3.05, 3.63) is 47.5 Å². The first-order valence-corrected chi connectivity index (χ1v) is 12.3. The van der Waals surface area contributed by atoms with E-state index in [9.17, 15) is 9.90 Å². The summed E-state index contributed by atoms with van der Waals surface area (Å²) in [4.78, 5) is 16.0. The van der Waals surface area contributed by atoms with Crippen molar-refractivity contribution in [2.24, 2.45) is 23.2 Å². The van der Waals surface area contributed by atoms with E-state index < -0.39 is 6.10 Å². The van der Waals surface area contributed by atoms with Crippen molar-refractivity contribution >= 4 is 5.97 Å². The molecule has 1 aromatic rings. The molecule has 2 aliphatic carbocycles. The van der Waals surface area contributed by atoms with E-state index in [2.05, 4.69) is 50.3 Å². The van der Waals surface area contributed by atoms with Crippen molar-refractivity contribution in [2.45, 2.75) is 51.9 Å². The molecule has 0 spiro atoms. The Balaban J connectivity index is 1.24. The van der Waals surface area contributed by atoms with Gasteiger partial charge in [0.05, 0.1) is 12.6 Å². The van der Waals surface area contributed by atoms with E-state index in [0.717, 1.165) is 58.5 Å². The predicted molar refractivity (Wildman–Crippen MR) is 118 cm³/mol. The fourth-order valence-corrected chi connectivity index (χ4v) is 6.83. The molecule has 2 aliphatic heterocycles. The molecule has 0 radical (unpaired) electrons. The molecule has 1 aromatic carbocycles. The molecule has 3 fully saturated rings. The van der Waals surface area contributed by atoms with Gasteiger partial charge < -0.3 is 19.6 Å². The molecule has 0 unspecified atom stereocenters. The van der Waals surface area contributed by atoms with Gasteiger partial charge in [0, 0.05) is 23.3 Å². The number of quaternary nitrogens is 2. The molecule has 0 aromatic heterocycles. The molecule has 0 amide bonds. The third-order valence-corrected chi connectivity index (χ3v) is 9.04. The average Bonchev–Trinajstić information content (AvgIpc) is 3.07. The Kier molecular flexibility index (Phi) is 5.70. The lowest BCUT2D eigenvalue weighted by Crippen LogP contribution is -3.27. The fourth-order valence-electron chi connectivity index (χ4n) is 6.83. The minimum atomic E-state index is -0.492. The number of hydrogen-bond acceptors (Lipinski definition) is 3. The summed E-state index contributed by atoms with van der Waals surface area (Å²) in [6.45, 7) is 10.8. The highest BCUT2D eigenvalue weighted by Gasteiger charge is 2.60. The first kappa shape index (κ1) is 21.2. The molecule has 3 N–H and O–H groups in total. The van der Waals surface area contributed by atoms with Crippen LogP contribution in [-0.4, -0.2) is 56.0 Å². The molecule has 31 heavy (non-hydrogen) atoms. The zero-order valence-corrected chi connectivity index (χ0v) is 19.0. The summed E-state index contributed by atoms with van der Waals surface area (Å²) in [5, 5.41) is 11.5. The van der Waals surface area contributed by atoms with Gasteiger partial charge in [-0.1, -0.05) is 55.8 Å². The molecular formula is C26H38N2O3+2. The first-order valence-electron chi connectivity index (χ1n) is 12.3. The molecular weight excluding hydrogens is 388 g/mol. The van der Waals surface area contributed by atoms with Crippen LogP contribution >= 0.6 is 0 Å². The molecule has 0 bridgehead atoms. The summed E-state index contributed by atoms with van der Waals surface area (Å²) in [6, 6.07) is 10.7. The molecule has 4 aliphatic rings. The van der Waals surface area contributed by atoms with E-state index in [0.29, 0.717) is 5.92 Å². The number of fused-ring (bicyclic) bond motifs is 2. The molecule has 168 valence electrons. The quantitative estimate of drug-likeness (QED) is 0.478. The van der Waals surface area contributed by atoms with Crippen LogP contribution in [0.3, 0.4) is 0 Å². The largest absolute Gasteiger partial charge is 0.461 e. The van der Waals surface area contributed by atoms with Gasteiger partial charge in [-0.05, 0) is 18.8 Å². The highest BCUT2D eigenvalue weighted by molar-refractivity contribution is 5.76. The van der Waals surface area contributed by atoms with Crippen molar-refractivity contribution in [1.82, 2.24) is 0 Å². The summed E-state index contributed by atoms with van der Waals surface area (Å²) in [5.74, 6) is 0.143. The molecule has 5 heteroatoms. The van der Waals surface area contributed by atoms with Crippen molar-refractivity contribution in [3.63, 3.8) is 0 Å². The number of carbonyl (C=O) groups excluding carboxylic acids is 1. The van der Waals surface area contributed by atoms with Gasteiger partial charge in [0.2, 0.25) is 0 Å². The number of carbonyl (C=O) groups is 1. The number of allylic oxidation sites excluding steroid dienone is 1. The highest BCUT2D eigenvalue weighted by Crippen LogP contribution is 2.55. The van der Waals surface area contributed by atoms with Crippen LogP contribution in [0.1, 0.15) is 38.7 Å². The predicted octanol–water partition coefficient (Wildman–Crippen LogP) is 0.255. The Hall–Kier alpha value is -1.69. The zero-order chi connectivity index (χ0) is 21.6. The second-order valence-electron chi connectivity index (χ2n) is 10.7. The number of benzene rings is 1. The second-order valence-corrected chi connectivity index (χ2v) is 10.7. The van der Waals surface area contributed by atoms with E-state index in [1.54, 1.807) is 4.90 Å². The normalized spacial score (nSPS) is 42.4. The maximum atomic E-state index is 12.9. The number of rotatable bonds is 4. The van der Waals surface area contributed by atoms with Crippen LogP contribution in [0.5, 0.6) is 0 Å². The number of aliphatic hydroxyl groups excluding tert-OH is 1. The van der Waals surface area contributed by atoms with Crippen molar-refractivity contribution in [2.75, 3.05) is 32.7 Å². The van der Waals surface area contributed by atoms with Gasteiger partial charge in [-0.2, -0.15) is 0 Å². The second kappa shape index (κ2) is 8.34. The monoisotopic (exact) mass is 426 g/mol. The highest BCUT2D eigenvalue weighted by atomic mass is 16.6. The van der Waals surface area contributed by atoms with Gasteiger partial charge in [0.25, 0.3) is 0 Å². The topological polar surface area (TPSA) is 55.4 Å². The molecule has 5 rings (SSSR count). The van der Waals surface area contributed by atoms with Gasteiger partial charge in [0.15, 0.2) is 0 Å². The zero-order valence-electron chi connectivity index (χ0n) is 19.0. The van der Waals surface area contributed by atoms with Crippen LogP contribution in [0.4, 0.5) is 0 Å². The van der Waals surface area contributed by atoms with Crippen LogP contribution in [-0.2, 0) is 16.1 Å². The van der Waals surface area contributed by atoms with Crippen LogP contribution in [0.2, 0.25) is 0 Å². The van der Waals surface area contributed by atoms with Crippen LogP contribution in [0, 0.1) is 23.2 Å². The Labute approximate surface area is 186 Å². The third kappa shape index (κ3) is 3.75. The minimum absolute atomic E-state index is 0.0580. The van der Waals surface area contributed by atoms with Crippen LogP contribution in [0.15, 0.2) is 42.0 Å². The van der Waals surface area contributed by atoms with E-state index in [4.69, 9.17) is 4.74 Å². The Morgan fingerprint density at radius 1 is 1.13 bits per heavy atom. The molecule has 1 saturated carbocycles. The standard InChI is InChI=1S/C26H36N2O3/c1-18-7-6-10-20-15-22-23(24(29)26(18,20)2)21(25(30)31-22)17-28-13-11-27(12-14-28)16-19-8-4-3-5-9-19/h3-5,8-10,18,21-24,29H,6-7,11-17H2,1-2H3/p+2/t18-,21-,22-,23-,24-,26-/m1/s1. The summed E-state index contributed by atoms with van der Waals surface area (Å²) < 4.78 is 5.86. The number of nitrogens with one attached hydrogen (secondary N) is 2. The molecule has 5 nitrogen and oxygen atoms in total. The first-order chi connectivity index (χ1) is 15.0.